The Kier molecular flexibility index (Phi) is 4.39. The number of carbonyl (C=O) groups excluding carboxylic acids is 1. The molecular weight excluding hydrogens is 176 g/mol. The van der Waals surface area contributed by atoms with Gasteiger partial charge in [0.25, 0.3) is 0 Å². The summed E-state index contributed by atoms with van der Waals surface area (Å²) in [6, 6.07) is 0. The first-order chi connectivity index (χ1) is 6.59. The van der Waals surface area contributed by atoms with Gasteiger partial charge in [-0.1, -0.05) is 20.8 Å². The molecule has 14 heavy (non-hydrogen) atoms. The zero-order valence-electron chi connectivity index (χ0n) is 9.55. The molecule has 0 aromatic heterocycles. The first-order valence-corrected chi connectivity index (χ1v) is 5.59. The van der Waals surface area contributed by atoms with E-state index in [4.69, 9.17) is 0 Å². The smallest absolute Gasteiger partial charge is 0.222 e. The topological polar surface area (TPSA) is 32.3 Å². The molecule has 1 N–H and O–H groups in total. The Labute approximate surface area is 86.9 Å². The average Bonchev–Trinajstić information content (AvgIpc) is 2.51. The van der Waals surface area contributed by atoms with Gasteiger partial charge in [0.1, 0.15) is 0 Å². The highest BCUT2D eigenvalue weighted by Gasteiger charge is 2.17. The highest BCUT2D eigenvalue weighted by atomic mass is 16.1. The number of rotatable bonds is 4. The maximum Gasteiger partial charge on any atom is 0.222 e. The zero-order chi connectivity index (χ0) is 10.6. The zero-order valence-corrected chi connectivity index (χ0v) is 9.55. The summed E-state index contributed by atoms with van der Waals surface area (Å²) in [5.41, 5.74) is 0. The van der Waals surface area contributed by atoms with Crippen molar-refractivity contribution in [3.8, 4) is 0 Å². The van der Waals surface area contributed by atoms with Gasteiger partial charge in [0.15, 0.2) is 0 Å². The quantitative estimate of drug-likeness (QED) is 0.733. The van der Waals surface area contributed by atoms with E-state index in [1.165, 1.54) is 19.5 Å². The average molecular weight is 198 g/mol. The fourth-order valence-electron chi connectivity index (χ4n) is 1.77. The van der Waals surface area contributed by atoms with Crippen LogP contribution in [0.5, 0.6) is 0 Å². The maximum atomic E-state index is 11.3. The summed E-state index contributed by atoms with van der Waals surface area (Å²) in [6.07, 6.45) is 1.30. The van der Waals surface area contributed by atoms with Gasteiger partial charge in [-0.3, -0.25) is 4.79 Å². The van der Waals surface area contributed by atoms with E-state index in [1.807, 2.05) is 13.8 Å². The van der Waals surface area contributed by atoms with E-state index in [9.17, 15) is 4.79 Å². The van der Waals surface area contributed by atoms with Crippen LogP contribution in [-0.4, -0.2) is 37.0 Å². The van der Waals surface area contributed by atoms with Crippen LogP contribution in [0, 0.1) is 11.8 Å². The molecule has 0 saturated carbocycles. The van der Waals surface area contributed by atoms with Crippen molar-refractivity contribution in [2.45, 2.75) is 27.2 Å². The van der Waals surface area contributed by atoms with E-state index in [-0.39, 0.29) is 11.8 Å². The molecule has 1 fully saturated rings. The Morgan fingerprint density at radius 3 is 2.79 bits per heavy atom. The Balaban J connectivity index is 2.07. The molecule has 1 unspecified atom stereocenters. The summed E-state index contributed by atoms with van der Waals surface area (Å²) >= 11 is 0. The van der Waals surface area contributed by atoms with Crippen LogP contribution < -0.4 is 5.32 Å². The van der Waals surface area contributed by atoms with Gasteiger partial charge < -0.3 is 10.2 Å². The summed E-state index contributed by atoms with van der Waals surface area (Å²) in [4.78, 5) is 13.7. The van der Waals surface area contributed by atoms with Crippen molar-refractivity contribution >= 4 is 5.91 Å². The molecule has 0 spiro atoms. The molecular formula is C11H22N2O. The van der Waals surface area contributed by atoms with Crippen molar-refractivity contribution in [1.82, 2.24) is 10.2 Å². The maximum absolute atomic E-state index is 11.3. The van der Waals surface area contributed by atoms with E-state index in [1.54, 1.807) is 0 Å². The minimum Gasteiger partial charge on any atom is -0.355 e. The lowest BCUT2D eigenvalue weighted by Crippen LogP contribution is -2.35. The minimum atomic E-state index is 0.104. The first kappa shape index (κ1) is 11.5. The highest BCUT2D eigenvalue weighted by Crippen LogP contribution is 2.13. The molecule has 82 valence electrons. The molecule has 1 atom stereocenters. The van der Waals surface area contributed by atoms with Crippen LogP contribution >= 0.6 is 0 Å². The molecule has 0 radical (unpaired) electrons. The van der Waals surface area contributed by atoms with Crippen molar-refractivity contribution < 1.29 is 4.79 Å². The summed E-state index contributed by atoms with van der Waals surface area (Å²) in [7, 11) is 0. The van der Waals surface area contributed by atoms with Crippen LogP contribution in [0.3, 0.4) is 0 Å². The number of carbonyl (C=O) groups is 1. The second-order valence-corrected chi connectivity index (χ2v) is 4.64. The Hall–Kier alpha value is -0.570. The van der Waals surface area contributed by atoms with Gasteiger partial charge in [-0.05, 0) is 18.9 Å². The third-order valence-corrected chi connectivity index (χ3v) is 2.76. The Morgan fingerprint density at radius 2 is 2.29 bits per heavy atom. The molecule has 0 aliphatic carbocycles. The Morgan fingerprint density at radius 1 is 1.57 bits per heavy atom. The van der Waals surface area contributed by atoms with Crippen LogP contribution in [0.1, 0.15) is 27.2 Å². The minimum absolute atomic E-state index is 0.104. The van der Waals surface area contributed by atoms with Gasteiger partial charge in [0, 0.05) is 25.6 Å². The molecule has 1 amide bonds. The lowest BCUT2D eigenvalue weighted by atomic mass is 10.2. The van der Waals surface area contributed by atoms with Gasteiger partial charge in [-0.15, -0.1) is 0 Å². The van der Waals surface area contributed by atoms with Crippen LogP contribution in [0.15, 0.2) is 0 Å². The lowest BCUT2D eigenvalue weighted by molar-refractivity contribution is -0.124. The number of nitrogens with zero attached hydrogens (tertiary/aromatic N) is 1. The number of nitrogens with one attached hydrogen (secondary N) is 1. The molecule has 1 heterocycles. The number of amides is 1. The first-order valence-electron chi connectivity index (χ1n) is 5.59. The van der Waals surface area contributed by atoms with E-state index in [0.717, 1.165) is 19.0 Å². The van der Waals surface area contributed by atoms with Crippen LogP contribution in [0.25, 0.3) is 0 Å². The van der Waals surface area contributed by atoms with E-state index >= 15 is 0 Å². The second kappa shape index (κ2) is 5.35. The number of hydrogen-bond acceptors (Lipinski definition) is 2. The van der Waals surface area contributed by atoms with Crippen LogP contribution in [0.2, 0.25) is 0 Å². The molecule has 1 aliphatic heterocycles. The van der Waals surface area contributed by atoms with Crippen LogP contribution in [0.4, 0.5) is 0 Å². The molecule has 1 saturated heterocycles. The standard InChI is InChI=1S/C11H22N2O/c1-9(2)11(14)12-5-7-13-6-4-10(3)8-13/h9-10H,4-8H2,1-3H3,(H,12,14). The summed E-state index contributed by atoms with van der Waals surface area (Å²) in [5.74, 6) is 1.10. The molecule has 0 aromatic rings. The molecule has 3 heteroatoms. The highest BCUT2D eigenvalue weighted by molar-refractivity contribution is 5.77. The SMILES string of the molecule is CC1CCN(CCNC(=O)C(C)C)C1. The van der Waals surface area contributed by atoms with Gasteiger partial charge in [0.2, 0.25) is 5.91 Å². The van der Waals surface area contributed by atoms with Gasteiger partial charge in [0.05, 0.1) is 0 Å². The molecule has 3 nitrogen and oxygen atoms in total. The monoisotopic (exact) mass is 198 g/mol. The number of hydrogen-bond donors (Lipinski definition) is 1. The van der Waals surface area contributed by atoms with E-state index in [2.05, 4.69) is 17.1 Å². The number of likely N-dealkylation sites (tertiary alicyclic amines) is 1. The Bertz CT molecular complexity index is 192. The van der Waals surface area contributed by atoms with E-state index in [0.29, 0.717) is 0 Å². The predicted molar refractivity (Wildman–Crippen MR) is 58.1 cm³/mol. The van der Waals surface area contributed by atoms with Crippen molar-refractivity contribution in [3.05, 3.63) is 0 Å². The van der Waals surface area contributed by atoms with Crippen molar-refractivity contribution in [1.29, 1.82) is 0 Å². The molecule has 1 rings (SSSR count). The van der Waals surface area contributed by atoms with Gasteiger partial charge in [-0.25, -0.2) is 0 Å². The van der Waals surface area contributed by atoms with Crippen molar-refractivity contribution in [3.63, 3.8) is 0 Å². The van der Waals surface area contributed by atoms with Gasteiger partial charge >= 0.3 is 0 Å². The normalized spacial score (nSPS) is 23.0. The summed E-state index contributed by atoms with van der Waals surface area (Å²) < 4.78 is 0. The van der Waals surface area contributed by atoms with E-state index < -0.39 is 0 Å². The molecule has 1 aliphatic rings. The second-order valence-electron chi connectivity index (χ2n) is 4.64. The lowest BCUT2D eigenvalue weighted by Gasteiger charge is -2.16. The van der Waals surface area contributed by atoms with Crippen LogP contribution in [-0.2, 0) is 4.79 Å². The molecule has 0 bridgehead atoms. The van der Waals surface area contributed by atoms with Gasteiger partial charge in [-0.2, -0.15) is 0 Å². The molecule has 0 aromatic carbocycles. The largest absolute Gasteiger partial charge is 0.355 e. The third kappa shape index (κ3) is 3.66. The predicted octanol–water partition coefficient (Wildman–Crippen LogP) is 1.10. The fraction of sp³-hybridized carbons (Fsp3) is 0.909. The van der Waals surface area contributed by atoms with Crippen molar-refractivity contribution in [2.75, 3.05) is 26.2 Å². The summed E-state index contributed by atoms with van der Waals surface area (Å²) in [6.45, 7) is 10.3. The van der Waals surface area contributed by atoms with Crippen molar-refractivity contribution in [2.24, 2.45) is 11.8 Å². The fourth-order valence-corrected chi connectivity index (χ4v) is 1.77. The third-order valence-electron chi connectivity index (χ3n) is 2.76. The summed E-state index contributed by atoms with van der Waals surface area (Å²) in [5, 5.41) is 2.94.